The second-order valence-electron chi connectivity index (χ2n) is 7.93. The summed E-state index contributed by atoms with van der Waals surface area (Å²) in [7, 11) is 1.62. The standard InChI is InChI=1S/C21H25NO2/c1-21-9-7-15-16(18(21)6-4-14(21)8-10-22)5-3-13-11-19(23)20(24-2)12-17(13)15/h8,11-12,15-16,18,23H,3-7,9H2,1-2H3/t15?,16?,18?,21-/m1/s1. The Labute approximate surface area is 143 Å². The van der Waals surface area contributed by atoms with E-state index in [-0.39, 0.29) is 11.2 Å². The van der Waals surface area contributed by atoms with Gasteiger partial charge in [-0.2, -0.15) is 5.26 Å². The smallest absolute Gasteiger partial charge is 0.160 e. The van der Waals surface area contributed by atoms with Gasteiger partial charge in [0.05, 0.1) is 13.2 Å². The molecule has 4 rings (SSSR count). The number of hydrogen-bond acceptors (Lipinski definition) is 3. The first-order valence-electron chi connectivity index (χ1n) is 9.07. The average molecular weight is 323 g/mol. The van der Waals surface area contributed by atoms with Gasteiger partial charge in [-0.1, -0.05) is 12.5 Å². The summed E-state index contributed by atoms with van der Waals surface area (Å²) in [6.45, 7) is 2.39. The number of hydrogen-bond donors (Lipinski definition) is 1. The molecule has 126 valence electrons. The fraction of sp³-hybridized carbons (Fsp3) is 0.571. The molecule has 1 aromatic rings. The first-order chi connectivity index (χ1) is 11.6. The zero-order valence-electron chi connectivity index (χ0n) is 14.5. The van der Waals surface area contributed by atoms with Crippen LogP contribution in [0.3, 0.4) is 0 Å². The fourth-order valence-electron chi connectivity index (χ4n) is 5.91. The van der Waals surface area contributed by atoms with Crippen molar-refractivity contribution in [1.82, 2.24) is 0 Å². The zero-order valence-corrected chi connectivity index (χ0v) is 14.5. The molecule has 1 aromatic carbocycles. The van der Waals surface area contributed by atoms with Crippen molar-refractivity contribution in [3.8, 4) is 17.6 Å². The van der Waals surface area contributed by atoms with Crippen LogP contribution in [0.2, 0.25) is 0 Å². The van der Waals surface area contributed by atoms with Crippen molar-refractivity contribution < 1.29 is 9.84 Å². The van der Waals surface area contributed by atoms with Gasteiger partial charge in [0.25, 0.3) is 0 Å². The van der Waals surface area contributed by atoms with Crippen LogP contribution in [0.25, 0.3) is 0 Å². The quantitative estimate of drug-likeness (QED) is 0.762. The number of benzene rings is 1. The van der Waals surface area contributed by atoms with Crippen molar-refractivity contribution >= 4 is 0 Å². The van der Waals surface area contributed by atoms with Crippen molar-refractivity contribution in [2.75, 3.05) is 7.11 Å². The van der Waals surface area contributed by atoms with Crippen LogP contribution in [0.4, 0.5) is 0 Å². The van der Waals surface area contributed by atoms with Gasteiger partial charge in [-0.3, -0.25) is 0 Å². The van der Waals surface area contributed by atoms with E-state index in [1.807, 2.05) is 12.1 Å². The molecule has 0 amide bonds. The Morgan fingerprint density at radius 2 is 2.12 bits per heavy atom. The molecule has 1 N–H and O–H groups in total. The molecule has 0 radical (unpaired) electrons. The number of phenols is 1. The number of ether oxygens (including phenoxy) is 1. The van der Waals surface area contributed by atoms with E-state index in [2.05, 4.69) is 19.1 Å². The van der Waals surface area contributed by atoms with Crippen LogP contribution in [0.5, 0.6) is 11.5 Å². The summed E-state index contributed by atoms with van der Waals surface area (Å²) in [4.78, 5) is 0. The van der Waals surface area contributed by atoms with Gasteiger partial charge in [0, 0.05) is 6.08 Å². The van der Waals surface area contributed by atoms with E-state index in [1.54, 1.807) is 7.11 Å². The summed E-state index contributed by atoms with van der Waals surface area (Å²) in [5.41, 5.74) is 4.28. The van der Waals surface area contributed by atoms with E-state index in [9.17, 15) is 5.11 Å². The number of methoxy groups -OCH3 is 1. The molecule has 3 aliphatic carbocycles. The van der Waals surface area contributed by atoms with Crippen LogP contribution < -0.4 is 4.74 Å². The largest absolute Gasteiger partial charge is 0.504 e. The highest BCUT2D eigenvalue weighted by atomic mass is 16.5. The van der Waals surface area contributed by atoms with Gasteiger partial charge in [0.15, 0.2) is 11.5 Å². The topological polar surface area (TPSA) is 53.2 Å². The first-order valence-corrected chi connectivity index (χ1v) is 9.07. The van der Waals surface area contributed by atoms with Gasteiger partial charge >= 0.3 is 0 Å². The third-order valence-electron chi connectivity index (χ3n) is 7.11. The molecule has 3 unspecified atom stereocenters. The third-order valence-corrected chi connectivity index (χ3v) is 7.11. The Bertz CT molecular complexity index is 745. The predicted molar refractivity (Wildman–Crippen MR) is 93.0 cm³/mol. The molecule has 0 saturated heterocycles. The van der Waals surface area contributed by atoms with Gasteiger partial charge in [-0.25, -0.2) is 0 Å². The average Bonchev–Trinajstić information content (AvgIpc) is 2.91. The molecule has 0 spiro atoms. The normalized spacial score (nSPS) is 35.7. The van der Waals surface area contributed by atoms with E-state index in [1.165, 1.54) is 36.0 Å². The van der Waals surface area contributed by atoms with Gasteiger partial charge in [0.2, 0.25) is 0 Å². The Morgan fingerprint density at radius 1 is 1.29 bits per heavy atom. The molecule has 4 atom stereocenters. The molecule has 3 heteroatoms. The van der Waals surface area contributed by atoms with Crippen LogP contribution >= 0.6 is 0 Å². The number of aryl methyl sites for hydroxylation is 1. The van der Waals surface area contributed by atoms with Gasteiger partial charge in [-0.15, -0.1) is 0 Å². The molecule has 0 bridgehead atoms. The number of phenolic OH excluding ortho intramolecular Hbond substituents is 1. The number of allylic oxidation sites excluding steroid dienone is 2. The Hall–Kier alpha value is -1.95. The SMILES string of the molecule is COc1cc2c(cc1O)CCC1C2CC[C@]2(C)C(=CC#N)CCC12. The Morgan fingerprint density at radius 3 is 2.88 bits per heavy atom. The monoisotopic (exact) mass is 323 g/mol. The summed E-state index contributed by atoms with van der Waals surface area (Å²) < 4.78 is 5.35. The first kappa shape index (κ1) is 15.6. The van der Waals surface area contributed by atoms with E-state index in [4.69, 9.17) is 10.00 Å². The zero-order chi connectivity index (χ0) is 16.9. The van der Waals surface area contributed by atoms with Crippen molar-refractivity contribution in [2.45, 2.75) is 51.4 Å². The van der Waals surface area contributed by atoms with Crippen molar-refractivity contribution in [1.29, 1.82) is 5.26 Å². The summed E-state index contributed by atoms with van der Waals surface area (Å²) >= 11 is 0. The molecule has 0 aliphatic heterocycles. The maximum Gasteiger partial charge on any atom is 0.160 e. The molecule has 0 heterocycles. The summed E-state index contributed by atoms with van der Waals surface area (Å²) in [5, 5.41) is 19.2. The highest BCUT2D eigenvalue weighted by Gasteiger charge is 2.52. The van der Waals surface area contributed by atoms with Crippen LogP contribution in [-0.2, 0) is 6.42 Å². The van der Waals surface area contributed by atoms with E-state index < -0.39 is 0 Å². The lowest BCUT2D eigenvalue weighted by molar-refractivity contribution is 0.0813. The Kier molecular flexibility index (Phi) is 3.60. The van der Waals surface area contributed by atoms with Crippen LogP contribution in [0, 0.1) is 28.6 Å². The molecular weight excluding hydrogens is 298 g/mol. The fourth-order valence-corrected chi connectivity index (χ4v) is 5.91. The maximum atomic E-state index is 10.1. The number of nitrogens with zero attached hydrogens (tertiary/aromatic N) is 1. The number of fused-ring (bicyclic) bond motifs is 5. The van der Waals surface area contributed by atoms with Crippen molar-refractivity contribution in [3.63, 3.8) is 0 Å². The van der Waals surface area contributed by atoms with E-state index in [0.29, 0.717) is 23.5 Å². The maximum absolute atomic E-state index is 10.1. The number of aromatic hydroxyl groups is 1. The van der Waals surface area contributed by atoms with Crippen molar-refractivity contribution in [3.05, 3.63) is 34.9 Å². The van der Waals surface area contributed by atoms with E-state index >= 15 is 0 Å². The molecule has 3 aliphatic rings. The summed E-state index contributed by atoms with van der Waals surface area (Å²) in [6.07, 6.45) is 8.69. The second-order valence-corrected chi connectivity index (χ2v) is 7.93. The predicted octanol–water partition coefficient (Wildman–Crippen LogP) is 4.71. The van der Waals surface area contributed by atoms with Crippen LogP contribution in [-0.4, -0.2) is 12.2 Å². The summed E-state index contributed by atoms with van der Waals surface area (Å²) in [6, 6.07) is 6.26. The second kappa shape index (κ2) is 5.55. The molecule has 0 aromatic heterocycles. The minimum Gasteiger partial charge on any atom is -0.504 e. The molecule has 24 heavy (non-hydrogen) atoms. The highest BCUT2D eigenvalue weighted by molar-refractivity contribution is 5.49. The highest BCUT2D eigenvalue weighted by Crippen LogP contribution is 2.63. The summed E-state index contributed by atoms with van der Waals surface area (Å²) in [5.74, 6) is 2.80. The van der Waals surface area contributed by atoms with Crippen LogP contribution in [0.15, 0.2) is 23.8 Å². The third kappa shape index (κ3) is 2.09. The molecule has 3 nitrogen and oxygen atoms in total. The van der Waals surface area contributed by atoms with E-state index in [0.717, 1.165) is 19.3 Å². The van der Waals surface area contributed by atoms with Crippen LogP contribution in [0.1, 0.15) is 56.1 Å². The van der Waals surface area contributed by atoms with Gasteiger partial charge in [-0.05, 0) is 85.0 Å². The van der Waals surface area contributed by atoms with Gasteiger partial charge in [0.1, 0.15) is 0 Å². The molecular formula is C21H25NO2. The van der Waals surface area contributed by atoms with Gasteiger partial charge < -0.3 is 9.84 Å². The number of nitriles is 1. The lowest BCUT2D eigenvalue weighted by atomic mass is 9.55. The Balaban J connectivity index is 1.72. The lowest BCUT2D eigenvalue weighted by Crippen LogP contribution is -2.40. The molecule has 2 fully saturated rings. The van der Waals surface area contributed by atoms with Crippen molar-refractivity contribution in [2.24, 2.45) is 17.3 Å². The minimum atomic E-state index is 0.218. The minimum absolute atomic E-state index is 0.218. The molecule has 2 saturated carbocycles. The number of rotatable bonds is 1. The lowest BCUT2D eigenvalue weighted by Gasteiger charge is -2.49.